The number of likely N-dealkylation sites (tertiary alicyclic amines) is 2. The van der Waals surface area contributed by atoms with E-state index in [0.717, 1.165) is 30.9 Å². The maximum Gasteiger partial charge on any atom is 0.311 e. The minimum absolute atomic E-state index is 0.0259. The van der Waals surface area contributed by atoms with Crippen LogP contribution in [0.4, 0.5) is 0 Å². The minimum atomic E-state index is -0.793. The van der Waals surface area contributed by atoms with E-state index in [2.05, 4.69) is 11.8 Å². The fourth-order valence-corrected chi connectivity index (χ4v) is 4.16. The zero-order valence-corrected chi connectivity index (χ0v) is 14.5. The summed E-state index contributed by atoms with van der Waals surface area (Å²) in [6.45, 7) is 6.73. The Bertz CT molecular complexity index is 626. The number of aryl methyl sites for hydroxylation is 1. The van der Waals surface area contributed by atoms with Gasteiger partial charge in [-0.3, -0.25) is 14.5 Å². The van der Waals surface area contributed by atoms with Crippen LogP contribution in [0.1, 0.15) is 38.2 Å². The smallest absolute Gasteiger partial charge is 0.311 e. The highest BCUT2D eigenvalue weighted by Crippen LogP contribution is 2.43. The maximum absolute atomic E-state index is 12.0. The van der Waals surface area contributed by atoms with Gasteiger partial charge in [-0.2, -0.15) is 0 Å². The average molecular weight is 334 g/mol. The largest absolute Gasteiger partial charge is 0.481 e. The summed E-state index contributed by atoms with van der Waals surface area (Å²) >= 11 is 0. The van der Waals surface area contributed by atoms with Gasteiger partial charge in [-0.05, 0) is 31.5 Å². The second-order valence-corrected chi connectivity index (χ2v) is 7.12. The van der Waals surface area contributed by atoms with E-state index in [9.17, 15) is 14.7 Å². The molecule has 2 aliphatic heterocycles. The molecule has 2 fully saturated rings. The highest BCUT2D eigenvalue weighted by Gasteiger charge is 2.53. The monoisotopic (exact) mass is 334 g/mol. The predicted molar refractivity (Wildman–Crippen MR) is 88.4 cm³/mol. The average Bonchev–Trinajstić information content (AvgIpc) is 3.09. The molecule has 0 unspecified atom stereocenters. The lowest BCUT2D eigenvalue weighted by Crippen LogP contribution is -2.41. The molecule has 1 amide bonds. The van der Waals surface area contributed by atoms with Gasteiger partial charge in [0.05, 0.1) is 12.0 Å². The molecule has 2 saturated heterocycles. The van der Waals surface area contributed by atoms with Gasteiger partial charge in [0.2, 0.25) is 5.91 Å². The van der Waals surface area contributed by atoms with E-state index in [1.54, 1.807) is 4.90 Å². The van der Waals surface area contributed by atoms with Crippen LogP contribution in [-0.2, 0) is 22.6 Å². The van der Waals surface area contributed by atoms with Crippen LogP contribution in [0.2, 0.25) is 0 Å². The molecular formula is C18H26N2O4. The van der Waals surface area contributed by atoms with Gasteiger partial charge in [0.1, 0.15) is 11.5 Å². The third-order valence-corrected chi connectivity index (χ3v) is 5.59. The van der Waals surface area contributed by atoms with E-state index >= 15 is 0 Å². The van der Waals surface area contributed by atoms with E-state index < -0.39 is 11.4 Å². The lowest BCUT2D eigenvalue weighted by atomic mass is 9.75. The number of rotatable bonds is 4. The standard InChI is InChI=1S/C18H26N2O4/c1-3-15-5-6-16(24-15)11-19-8-4-7-18(17(22)23)12-20(13(2)21)10-14(18)9-19/h5-6,14H,3-4,7-12H2,1-2H3,(H,22,23)/t14-,18-/m0/s1. The van der Waals surface area contributed by atoms with E-state index in [-0.39, 0.29) is 11.8 Å². The molecular weight excluding hydrogens is 308 g/mol. The number of carbonyl (C=O) groups excluding carboxylic acids is 1. The number of carboxylic acid groups (broad SMARTS) is 1. The van der Waals surface area contributed by atoms with Crippen molar-refractivity contribution in [3.8, 4) is 0 Å². The third-order valence-electron chi connectivity index (χ3n) is 5.59. The molecule has 6 heteroatoms. The number of aliphatic carboxylic acids is 1. The van der Waals surface area contributed by atoms with E-state index in [4.69, 9.17) is 4.42 Å². The van der Waals surface area contributed by atoms with E-state index in [1.165, 1.54) is 6.92 Å². The summed E-state index contributed by atoms with van der Waals surface area (Å²) < 4.78 is 5.80. The number of amides is 1. The first-order valence-electron chi connectivity index (χ1n) is 8.73. The zero-order chi connectivity index (χ0) is 17.3. The fourth-order valence-electron chi connectivity index (χ4n) is 4.16. The van der Waals surface area contributed by atoms with Crippen molar-refractivity contribution < 1.29 is 19.1 Å². The SMILES string of the molecule is CCc1ccc(CN2CCC[C@]3(C(=O)O)CN(C(C)=O)C[C@@H]3C2)o1. The highest BCUT2D eigenvalue weighted by atomic mass is 16.4. The summed E-state index contributed by atoms with van der Waals surface area (Å²) in [5.41, 5.74) is -0.793. The molecule has 1 aromatic heterocycles. The number of hydrogen-bond donors (Lipinski definition) is 1. The van der Waals surface area contributed by atoms with Crippen molar-refractivity contribution in [2.24, 2.45) is 11.3 Å². The Balaban J connectivity index is 1.76. The highest BCUT2D eigenvalue weighted by molar-refractivity contribution is 5.80. The fraction of sp³-hybridized carbons (Fsp3) is 0.667. The second kappa shape index (κ2) is 6.59. The van der Waals surface area contributed by atoms with Crippen LogP contribution >= 0.6 is 0 Å². The van der Waals surface area contributed by atoms with Gasteiger partial charge in [0.15, 0.2) is 0 Å². The third kappa shape index (κ3) is 3.07. The lowest BCUT2D eigenvalue weighted by molar-refractivity contribution is -0.151. The number of hydrogen-bond acceptors (Lipinski definition) is 4. The summed E-state index contributed by atoms with van der Waals surface area (Å²) in [6, 6.07) is 4.01. The number of carbonyl (C=O) groups is 2. The van der Waals surface area contributed by atoms with Crippen LogP contribution in [0.15, 0.2) is 16.5 Å². The molecule has 0 aliphatic carbocycles. The summed E-state index contributed by atoms with van der Waals surface area (Å²) in [6.07, 6.45) is 2.33. The predicted octanol–water partition coefficient (Wildman–Crippen LogP) is 1.99. The molecule has 0 radical (unpaired) electrons. The molecule has 6 nitrogen and oxygen atoms in total. The Hall–Kier alpha value is -1.82. The first kappa shape index (κ1) is 17.0. The van der Waals surface area contributed by atoms with Crippen molar-refractivity contribution >= 4 is 11.9 Å². The van der Waals surface area contributed by atoms with Gasteiger partial charge < -0.3 is 14.4 Å². The van der Waals surface area contributed by atoms with Crippen molar-refractivity contribution in [1.29, 1.82) is 0 Å². The van der Waals surface area contributed by atoms with Crippen molar-refractivity contribution in [2.45, 2.75) is 39.7 Å². The minimum Gasteiger partial charge on any atom is -0.481 e. The first-order chi connectivity index (χ1) is 11.4. The molecule has 1 N–H and O–H groups in total. The molecule has 0 spiro atoms. The van der Waals surface area contributed by atoms with Crippen LogP contribution in [0.5, 0.6) is 0 Å². The van der Waals surface area contributed by atoms with Crippen molar-refractivity contribution in [2.75, 3.05) is 26.2 Å². The molecule has 2 atom stereocenters. The molecule has 3 rings (SSSR count). The van der Waals surface area contributed by atoms with Gasteiger partial charge in [-0.15, -0.1) is 0 Å². The number of fused-ring (bicyclic) bond motifs is 1. The number of carboxylic acids is 1. The van der Waals surface area contributed by atoms with Crippen molar-refractivity contribution in [3.05, 3.63) is 23.7 Å². The molecule has 132 valence electrons. The van der Waals surface area contributed by atoms with Gasteiger partial charge >= 0.3 is 5.97 Å². The summed E-state index contributed by atoms with van der Waals surface area (Å²) in [5.74, 6) is 1.08. The second-order valence-electron chi connectivity index (χ2n) is 7.12. The topological polar surface area (TPSA) is 74.0 Å². The number of nitrogens with zero attached hydrogens (tertiary/aromatic N) is 2. The van der Waals surface area contributed by atoms with Crippen molar-refractivity contribution in [1.82, 2.24) is 9.80 Å². The van der Waals surface area contributed by atoms with Gasteiger partial charge in [-0.1, -0.05) is 6.92 Å². The summed E-state index contributed by atoms with van der Waals surface area (Å²) in [5, 5.41) is 9.86. The number of furan rings is 1. The van der Waals surface area contributed by atoms with E-state index in [1.807, 2.05) is 12.1 Å². The van der Waals surface area contributed by atoms with Crippen LogP contribution < -0.4 is 0 Å². The van der Waals surface area contributed by atoms with Crippen LogP contribution in [0.25, 0.3) is 0 Å². The molecule has 2 aliphatic rings. The van der Waals surface area contributed by atoms with Gasteiger partial charge in [-0.25, -0.2) is 0 Å². The Labute approximate surface area is 142 Å². The van der Waals surface area contributed by atoms with E-state index in [0.29, 0.717) is 32.6 Å². The van der Waals surface area contributed by atoms with Gasteiger partial charge in [0.25, 0.3) is 0 Å². The summed E-state index contributed by atoms with van der Waals surface area (Å²) in [4.78, 5) is 27.7. The Kier molecular flexibility index (Phi) is 4.67. The maximum atomic E-state index is 12.0. The molecule has 0 bridgehead atoms. The molecule has 1 aromatic rings. The lowest BCUT2D eigenvalue weighted by Gasteiger charge is -2.29. The normalized spacial score (nSPS) is 27.8. The molecule has 24 heavy (non-hydrogen) atoms. The Morgan fingerprint density at radius 2 is 2.08 bits per heavy atom. The van der Waals surface area contributed by atoms with Gasteiger partial charge in [0, 0.05) is 38.9 Å². The zero-order valence-electron chi connectivity index (χ0n) is 14.5. The molecule has 3 heterocycles. The Morgan fingerprint density at radius 3 is 2.71 bits per heavy atom. The quantitative estimate of drug-likeness (QED) is 0.911. The van der Waals surface area contributed by atoms with Crippen LogP contribution in [-0.4, -0.2) is 53.0 Å². The Morgan fingerprint density at radius 1 is 1.33 bits per heavy atom. The van der Waals surface area contributed by atoms with Crippen LogP contribution in [0.3, 0.4) is 0 Å². The molecule has 0 aromatic carbocycles. The summed E-state index contributed by atoms with van der Waals surface area (Å²) in [7, 11) is 0. The first-order valence-corrected chi connectivity index (χ1v) is 8.73. The van der Waals surface area contributed by atoms with Crippen LogP contribution in [0, 0.1) is 11.3 Å². The molecule has 0 saturated carbocycles. The van der Waals surface area contributed by atoms with Crippen molar-refractivity contribution in [3.63, 3.8) is 0 Å².